The van der Waals surface area contributed by atoms with Crippen molar-refractivity contribution in [2.45, 2.75) is 12.7 Å². The van der Waals surface area contributed by atoms with E-state index >= 15 is 0 Å². The molecule has 2 nitrogen and oxygen atoms in total. The van der Waals surface area contributed by atoms with Crippen LogP contribution in [0, 0.1) is 0 Å². The van der Waals surface area contributed by atoms with Crippen LogP contribution < -0.4 is 0 Å². The van der Waals surface area contributed by atoms with Crippen LogP contribution in [0.5, 0.6) is 0 Å². The number of rotatable bonds is 2. The van der Waals surface area contributed by atoms with Gasteiger partial charge in [-0.05, 0) is 23.6 Å². The third-order valence-corrected chi connectivity index (χ3v) is 2.37. The van der Waals surface area contributed by atoms with Crippen molar-refractivity contribution in [2.24, 2.45) is 0 Å². The molecule has 0 saturated heterocycles. The molecule has 0 atom stereocenters. The van der Waals surface area contributed by atoms with Gasteiger partial charge in [0.25, 0.3) is 0 Å². The summed E-state index contributed by atoms with van der Waals surface area (Å²) in [5.74, 6) is 0. The fourth-order valence-electron chi connectivity index (χ4n) is 1.60. The summed E-state index contributed by atoms with van der Waals surface area (Å²) in [5, 5.41) is 0.690. The Kier molecular flexibility index (Phi) is 2.46. The number of aldehydes is 1. The van der Waals surface area contributed by atoms with Gasteiger partial charge in [0, 0.05) is 11.7 Å². The monoisotopic (exact) mass is 227 g/mol. The Morgan fingerprint density at radius 1 is 1.25 bits per heavy atom. The molecule has 0 fully saturated rings. The van der Waals surface area contributed by atoms with E-state index in [4.69, 9.17) is 0 Å². The Morgan fingerprint density at radius 2 is 2.00 bits per heavy atom. The first-order valence-corrected chi connectivity index (χ1v) is 4.62. The number of carbonyl (C=O) groups is 1. The van der Waals surface area contributed by atoms with Gasteiger partial charge in [-0.1, -0.05) is 6.07 Å². The molecule has 5 heteroatoms. The molecule has 0 amide bonds. The number of carbonyl (C=O) groups excluding carboxylic acids is 1. The van der Waals surface area contributed by atoms with Crippen LogP contribution in [0.1, 0.15) is 5.56 Å². The highest BCUT2D eigenvalue weighted by Crippen LogP contribution is 2.31. The summed E-state index contributed by atoms with van der Waals surface area (Å²) >= 11 is 0. The van der Waals surface area contributed by atoms with Gasteiger partial charge in [0.2, 0.25) is 0 Å². The fourth-order valence-corrected chi connectivity index (χ4v) is 1.60. The van der Waals surface area contributed by atoms with Gasteiger partial charge < -0.3 is 9.36 Å². The number of aromatic nitrogens is 1. The summed E-state index contributed by atoms with van der Waals surface area (Å²) in [7, 11) is 0. The second kappa shape index (κ2) is 3.66. The normalized spacial score (nSPS) is 11.9. The minimum Gasteiger partial charge on any atom is -0.340 e. The topological polar surface area (TPSA) is 22.0 Å². The van der Waals surface area contributed by atoms with E-state index in [2.05, 4.69) is 0 Å². The molecule has 0 saturated carbocycles. The first-order chi connectivity index (χ1) is 7.52. The zero-order chi connectivity index (χ0) is 11.8. The molecule has 16 heavy (non-hydrogen) atoms. The predicted octanol–water partition coefficient (Wildman–Crippen LogP) is 2.86. The van der Waals surface area contributed by atoms with Crippen molar-refractivity contribution in [3.63, 3.8) is 0 Å². The zero-order valence-electron chi connectivity index (χ0n) is 8.16. The Morgan fingerprint density at radius 3 is 2.62 bits per heavy atom. The van der Waals surface area contributed by atoms with Crippen molar-refractivity contribution >= 4 is 17.2 Å². The molecule has 2 aromatic rings. The first kappa shape index (κ1) is 10.7. The smallest absolute Gasteiger partial charge is 0.340 e. The van der Waals surface area contributed by atoms with Crippen molar-refractivity contribution in [2.75, 3.05) is 0 Å². The van der Waals surface area contributed by atoms with Crippen LogP contribution >= 0.6 is 0 Å². The van der Waals surface area contributed by atoms with Crippen LogP contribution in [-0.4, -0.2) is 10.9 Å². The zero-order valence-corrected chi connectivity index (χ0v) is 8.16. The first-order valence-electron chi connectivity index (χ1n) is 4.62. The lowest BCUT2D eigenvalue weighted by Gasteiger charge is -2.07. The second-order valence-corrected chi connectivity index (χ2v) is 3.41. The van der Waals surface area contributed by atoms with Crippen LogP contribution in [0.25, 0.3) is 10.9 Å². The number of fused-ring (bicyclic) bond motifs is 1. The van der Waals surface area contributed by atoms with Gasteiger partial charge in [0.05, 0.1) is 12.1 Å². The largest absolute Gasteiger partial charge is 0.416 e. The number of halogens is 3. The van der Waals surface area contributed by atoms with Crippen molar-refractivity contribution in [1.82, 2.24) is 4.57 Å². The number of hydrogen-bond donors (Lipinski definition) is 0. The van der Waals surface area contributed by atoms with Crippen molar-refractivity contribution in [3.05, 3.63) is 36.0 Å². The van der Waals surface area contributed by atoms with E-state index in [0.717, 1.165) is 12.1 Å². The molecule has 1 aromatic carbocycles. The van der Waals surface area contributed by atoms with E-state index < -0.39 is 11.7 Å². The summed E-state index contributed by atoms with van der Waals surface area (Å²) in [5.41, 5.74) is -0.284. The minimum absolute atomic E-state index is 0.0603. The molecule has 0 N–H and O–H groups in total. The number of benzene rings is 1. The molecule has 1 heterocycles. The van der Waals surface area contributed by atoms with Gasteiger partial charge in [-0.15, -0.1) is 0 Å². The number of alkyl halides is 3. The van der Waals surface area contributed by atoms with E-state index in [9.17, 15) is 18.0 Å². The van der Waals surface area contributed by atoms with Gasteiger partial charge in [0.1, 0.15) is 6.29 Å². The maximum absolute atomic E-state index is 12.5. The molecular weight excluding hydrogens is 219 g/mol. The number of nitrogens with zero attached hydrogens (tertiary/aromatic N) is 1. The maximum atomic E-state index is 12.5. The SMILES string of the molecule is O=CCn1ccc2ccc(C(F)(F)F)cc21. The molecule has 0 aliphatic rings. The lowest BCUT2D eigenvalue weighted by Crippen LogP contribution is -2.05. The summed E-state index contributed by atoms with van der Waals surface area (Å²) in [6, 6.07) is 5.17. The number of hydrogen-bond acceptors (Lipinski definition) is 1. The lowest BCUT2D eigenvalue weighted by molar-refractivity contribution is -0.137. The Labute approximate surface area is 89.3 Å². The third-order valence-electron chi connectivity index (χ3n) is 2.37. The third kappa shape index (κ3) is 1.80. The molecule has 0 radical (unpaired) electrons. The van der Waals surface area contributed by atoms with Crippen LogP contribution in [0.3, 0.4) is 0 Å². The highest BCUT2D eigenvalue weighted by Gasteiger charge is 2.30. The van der Waals surface area contributed by atoms with E-state index in [-0.39, 0.29) is 6.54 Å². The van der Waals surface area contributed by atoms with Gasteiger partial charge in [-0.2, -0.15) is 13.2 Å². The van der Waals surface area contributed by atoms with Gasteiger partial charge in [-0.3, -0.25) is 0 Å². The lowest BCUT2D eigenvalue weighted by atomic mass is 10.1. The quantitative estimate of drug-likeness (QED) is 0.723. The summed E-state index contributed by atoms with van der Waals surface area (Å²) in [6.45, 7) is 0.0603. The predicted molar refractivity (Wildman–Crippen MR) is 53.0 cm³/mol. The van der Waals surface area contributed by atoms with E-state index in [1.807, 2.05) is 0 Å². The standard InChI is InChI=1S/C11H8F3NO/c12-11(13,14)9-2-1-8-3-4-15(5-6-16)10(8)7-9/h1-4,6-7H,5H2. The Hall–Kier alpha value is -1.78. The molecule has 84 valence electrons. The second-order valence-electron chi connectivity index (χ2n) is 3.41. The molecule has 2 rings (SSSR count). The van der Waals surface area contributed by atoms with E-state index in [1.54, 1.807) is 12.3 Å². The molecule has 0 unspecified atom stereocenters. The molecule has 1 aromatic heterocycles. The Bertz CT molecular complexity index is 527. The molecule has 0 bridgehead atoms. The van der Waals surface area contributed by atoms with Gasteiger partial charge >= 0.3 is 6.18 Å². The minimum atomic E-state index is -4.36. The van der Waals surface area contributed by atoms with Crippen LogP contribution in [0.15, 0.2) is 30.5 Å². The highest BCUT2D eigenvalue weighted by molar-refractivity contribution is 5.81. The fraction of sp³-hybridized carbons (Fsp3) is 0.182. The van der Waals surface area contributed by atoms with Crippen molar-refractivity contribution in [3.8, 4) is 0 Å². The average Bonchev–Trinajstić information content (AvgIpc) is 2.60. The summed E-state index contributed by atoms with van der Waals surface area (Å²) < 4.78 is 38.9. The van der Waals surface area contributed by atoms with Gasteiger partial charge in [-0.25, -0.2) is 0 Å². The highest BCUT2D eigenvalue weighted by atomic mass is 19.4. The maximum Gasteiger partial charge on any atom is 0.416 e. The van der Waals surface area contributed by atoms with Crippen LogP contribution in [0.2, 0.25) is 0 Å². The summed E-state index contributed by atoms with van der Waals surface area (Å²) in [6.07, 6.45) is -2.11. The Balaban J connectivity index is 2.58. The van der Waals surface area contributed by atoms with Crippen molar-refractivity contribution in [1.29, 1.82) is 0 Å². The molecule has 0 spiro atoms. The molecular formula is C11H8F3NO. The molecule has 0 aliphatic heterocycles. The van der Waals surface area contributed by atoms with Crippen molar-refractivity contribution < 1.29 is 18.0 Å². The van der Waals surface area contributed by atoms with Gasteiger partial charge in [0.15, 0.2) is 0 Å². The average molecular weight is 227 g/mol. The van der Waals surface area contributed by atoms with Crippen LogP contribution in [0.4, 0.5) is 13.2 Å². The summed E-state index contributed by atoms with van der Waals surface area (Å²) in [4.78, 5) is 10.4. The van der Waals surface area contributed by atoms with Crippen LogP contribution in [-0.2, 0) is 17.5 Å². The van der Waals surface area contributed by atoms with E-state index in [0.29, 0.717) is 17.2 Å². The molecule has 0 aliphatic carbocycles. The van der Waals surface area contributed by atoms with E-state index in [1.165, 1.54) is 10.6 Å².